The monoisotopic (exact) mass is 342 g/mol. The standard InChI is InChI=1S/C20H22O5/c1-13(2)20(22)25-19(18(21)14-8-6-5-7-9-14)15-10-16(23-3)12-17(11-15)24-4/h5-13,19H,1-4H3. The molecule has 0 saturated heterocycles. The first-order valence-electron chi connectivity index (χ1n) is 7.99. The second kappa shape index (κ2) is 8.33. The molecule has 0 heterocycles. The Bertz CT molecular complexity index is 715. The maximum atomic E-state index is 12.9. The third-order valence-corrected chi connectivity index (χ3v) is 3.68. The fourth-order valence-electron chi connectivity index (χ4n) is 2.26. The zero-order chi connectivity index (χ0) is 18.4. The maximum Gasteiger partial charge on any atom is 0.309 e. The lowest BCUT2D eigenvalue weighted by Gasteiger charge is -2.20. The number of hydrogen-bond donors (Lipinski definition) is 0. The molecule has 2 aromatic rings. The Labute approximate surface area is 147 Å². The van der Waals surface area contributed by atoms with Crippen LogP contribution in [-0.4, -0.2) is 26.0 Å². The summed E-state index contributed by atoms with van der Waals surface area (Å²) in [6.45, 7) is 3.44. The van der Waals surface area contributed by atoms with E-state index in [1.165, 1.54) is 14.2 Å². The van der Waals surface area contributed by atoms with Gasteiger partial charge in [-0.1, -0.05) is 44.2 Å². The van der Waals surface area contributed by atoms with E-state index in [0.29, 0.717) is 22.6 Å². The molecule has 5 nitrogen and oxygen atoms in total. The fraction of sp³-hybridized carbons (Fsp3) is 0.300. The molecule has 0 fully saturated rings. The van der Waals surface area contributed by atoms with Crippen LogP contribution in [0.25, 0.3) is 0 Å². The molecule has 0 aliphatic carbocycles. The predicted molar refractivity (Wildman–Crippen MR) is 94.0 cm³/mol. The first-order valence-corrected chi connectivity index (χ1v) is 7.99. The predicted octanol–water partition coefficient (Wildman–Crippen LogP) is 3.83. The zero-order valence-electron chi connectivity index (χ0n) is 14.8. The topological polar surface area (TPSA) is 61.8 Å². The molecule has 0 radical (unpaired) electrons. The van der Waals surface area contributed by atoms with Crippen molar-refractivity contribution in [1.29, 1.82) is 0 Å². The molecule has 0 aliphatic rings. The van der Waals surface area contributed by atoms with Gasteiger partial charge in [0.05, 0.1) is 20.1 Å². The smallest absolute Gasteiger partial charge is 0.309 e. The number of rotatable bonds is 7. The van der Waals surface area contributed by atoms with Crippen LogP contribution >= 0.6 is 0 Å². The molecule has 0 amide bonds. The van der Waals surface area contributed by atoms with Crippen LogP contribution in [0.1, 0.15) is 35.9 Å². The van der Waals surface area contributed by atoms with Crippen molar-refractivity contribution < 1.29 is 23.8 Å². The van der Waals surface area contributed by atoms with Crippen LogP contribution in [0.4, 0.5) is 0 Å². The van der Waals surface area contributed by atoms with Gasteiger partial charge in [0.15, 0.2) is 6.10 Å². The number of hydrogen-bond acceptors (Lipinski definition) is 5. The van der Waals surface area contributed by atoms with Gasteiger partial charge in [-0.3, -0.25) is 9.59 Å². The summed E-state index contributed by atoms with van der Waals surface area (Å²) in [5.74, 6) is -0.0684. The molecule has 0 aromatic heterocycles. The summed E-state index contributed by atoms with van der Waals surface area (Å²) >= 11 is 0. The van der Waals surface area contributed by atoms with Gasteiger partial charge >= 0.3 is 5.97 Å². The van der Waals surface area contributed by atoms with Crippen molar-refractivity contribution in [3.8, 4) is 11.5 Å². The minimum Gasteiger partial charge on any atom is -0.497 e. The largest absolute Gasteiger partial charge is 0.497 e. The number of esters is 1. The average Bonchev–Trinajstić information content (AvgIpc) is 2.65. The van der Waals surface area contributed by atoms with E-state index in [4.69, 9.17) is 14.2 Å². The van der Waals surface area contributed by atoms with Gasteiger partial charge in [0.2, 0.25) is 5.78 Å². The number of ketones is 1. The molecule has 132 valence electrons. The third kappa shape index (κ3) is 4.59. The number of benzene rings is 2. The van der Waals surface area contributed by atoms with Crippen molar-refractivity contribution in [2.24, 2.45) is 5.92 Å². The van der Waals surface area contributed by atoms with Gasteiger partial charge in [-0.15, -0.1) is 0 Å². The molecule has 2 aromatic carbocycles. The summed E-state index contributed by atoms with van der Waals surface area (Å²) in [6.07, 6.45) is -1.07. The van der Waals surface area contributed by atoms with Crippen molar-refractivity contribution >= 4 is 11.8 Å². The lowest BCUT2D eigenvalue weighted by molar-refractivity contribution is -0.151. The molecule has 0 spiro atoms. The minimum atomic E-state index is -1.07. The summed E-state index contributed by atoms with van der Waals surface area (Å²) in [5.41, 5.74) is 0.963. The van der Waals surface area contributed by atoms with Crippen molar-refractivity contribution in [3.05, 3.63) is 59.7 Å². The first-order chi connectivity index (χ1) is 12.0. The maximum absolute atomic E-state index is 12.9. The van der Waals surface area contributed by atoms with Crippen molar-refractivity contribution in [3.63, 3.8) is 0 Å². The summed E-state index contributed by atoms with van der Waals surface area (Å²) in [6, 6.07) is 13.8. The lowest BCUT2D eigenvalue weighted by atomic mass is 9.99. The van der Waals surface area contributed by atoms with Gasteiger partial charge in [0.25, 0.3) is 0 Å². The van der Waals surface area contributed by atoms with Crippen LogP contribution in [0.15, 0.2) is 48.5 Å². The average molecular weight is 342 g/mol. The fourth-order valence-corrected chi connectivity index (χ4v) is 2.26. The van der Waals surface area contributed by atoms with Crippen LogP contribution in [-0.2, 0) is 9.53 Å². The molecular formula is C20H22O5. The Balaban J connectivity index is 2.47. The third-order valence-electron chi connectivity index (χ3n) is 3.68. The Hall–Kier alpha value is -2.82. The highest BCUT2D eigenvalue weighted by atomic mass is 16.5. The van der Waals surface area contributed by atoms with Crippen molar-refractivity contribution in [2.75, 3.05) is 14.2 Å². The molecule has 5 heteroatoms. The van der Waals surface area contributed by atoms with Crippen LogP contribution in [0.3, 0.4) is 0 Å². The highest BCUT2D eigenvalue weighted by Gasteiger charge is 2.28. The van der Waals surface area contributed by atoms with E-state index in [0.717, 1.165) is 0 Å². The second-order valence-electron chi connectivity index (χ2n) is 5.85. The molecular weight excluding hydrogens is 320 g/mol. The van der Waals surface area contributed by atoms with E-state index >= 15 is 0 Å². The van der Waals surface area contributed by atoms with Crippen LogP contribution in [0.2, 0.25) is 0 Å². The van der Waals surface area contributed by atoms with E-state index in [1.54, 1.807) is 56.3 Å². The molecule has 1 unspecified atom stereocenters. The Kier molecular flexibility index (Phi) is 6.17. The zero-order valence-corrected chi connectivity index (χ0v) is 14.8. The van der Waals surface area contributed by atoms with Gasteiger partial charge in [-0.25, -0.2) is 0 Å². The Morgan fingerprint density at radius 2 is 1.44 bits per heavy atom. The highest BCUT2D eigenvalue weighted by Crippen LogP contribution is 2.31. The summed E-state index contributed by atoms with van der Waals surface area (Å²) in [7, 11) is 3.04. The molecule has 0 saturated carbocycles. The van der Waals surface area contributed by atoms with E-state index in [9.17, 15) is 9.59 Å². The number of ether oxygens (including phenoxy) is 3. The van der Waals surface area contributed by atoms with Crippen molar-refractivity contribution in [1.82, 2.24) is 0 Å². The number of carbonyl (C=O) groups is 2. The van der Waals surface area contributed by atoms with E-state index in [1.807, 2.05) is 6.07 Å². The number of methoxy groups -OCH3 is 2. The summed E-state index contributed by atoms with van der Waals surface area (Å²) < 4.78 is 16.0. The molecule has 25 heavy (non-hydrogen) atoms. The van der Waals surface area contributed by atoms with Gasteiger partial charge in [0, 0.05) is 17.2 Å². The molecule has 0 bridgehead atoms. The van der Waals surface area contributed by atoms with Gasteiger partial charge in [-0.2, -0.15) is 0 Å². The molecule has 2 rings (SSSR count). The second-order valence-corrected chi connectivity index (χ2v) is 5.85. The van der Waals surface area contributed by atoms with Gasteiger partial charge in [0.1, 0.15) is 11.5 Å². The highest BCUT2D eigenvalue weighted by molar-refractivity contribution is 6.01. The normalized spacial score (nSPS) is 11.7. The quantitative estimate of drug-likeness (QED) is 0.565. The van der Waals surface area contributed by atoms with Gasteiger partial charge in [-0.05, 0) is 12.1 Å². The molecule has 0 aliphatic heterocycles. The lowest BCUT2D eigenvalue weighted by Crippen LogP contribution is -2.23. The Morgan fingerprint density at radius 3 is 1.92 bits per heavy atom. The van der Waals surface area contributed by atoms with Crippen LogP contribution in [0.5, 0.6) is 11.5 Å². The minimum absolute atomic E-state index is 0.301. The first kappa shape index (κ1) is 18.5. The molecule has 1 atom stereocenters. The van der Waals surface area contributed by atoms with E-state index in [-0.39, 0.29) is 11.7 Å². The van der Waals surface area contributed by atoms with Crippen LogP contribution in [0, 0.1) is 5.92 Å². The van der Waals surface area contributed by atoms with E-state index in [2.05, 4.69) is 0 Å². The number of carbonyl (C=O) groups excluding carboxylic acids is 2. The number of Topliss-reactive ketones (excluding diaryl/α,β-unsaturated/α-hetero) is 1. The summed E-state index contributed by atoms with van der Waals surface area (Å²) in [4.78, 5) is 25.1. The van der Waals surface area contributed by atoms with E-state index < -0.39 is 12.1 Å². The van der Waals surface area contributed by atoms with Gasteiger partial charge < -0.3 is 14.2 Å². The van der Waals surface area contributed by atoms with Crippen LogP contribution < -0.4 is 9.47 Å². The SMILES string of the molecule is COc1cc(OC)cc(C(OC(=O)C(C)C)C(=O)c2ccccc2)c1. The molecule has 0 N–H and O–H groups in total. The Morgan fingerprint density at radius 1 is 0.880 bits per heavy atom. The van der Waals surface area contributed by atoms with Crippen molar-refractivity contribution in [2.45, 2.75) is 20.0 Å². The summed E-state index contributed by atoms with van der Waals surface area (Å²) in [5, 5.41) is 0.